The van der Waals surface area contributed by atoms with E-state index >= 15 is 0 Å². The van der Waals surface area contributed by atoms with E-state index in [1.165, 1.54) is 11.8 Å². The Morgan fingerprint density at radius 3 is 3.00 bits per heavy atom. The highest BCUT2D eigenvalue weighted by Crippen LogP contribution is 2.25. The van der Waals surface area contributed by atoms with Gasteiger partial charge in [-0.05, 0) is 18.6 Å². The lowest BCUT2D eigenvalue weighted by molar-refractivity contribution is -0.136. The molecule has 1 aromatic rings. The van der Waals surface area contributed by atoms with Crippen molar-refractivity contribution in [1.29, 1.82) is 0 Å². The molecule has 0 bridgehead atoms. The van der Waals surface area contributed by atoms with Crippen LogP contribution in [0.1, 0.15) is 18.9 Å². The van der Waals surface area contributed by atoms with Crippen molar-refractivity contribution >= 4 is 17.7 Å². The Hall–Kier alpha value is -1.03. The van der Waals surface area contributed by atoms with Gasteiger partial charge in [-0.3, -0.25) is 4.79 Å². The van der Waals surface area contributed by atoms with E-state index in [1.54, 1.807) is 6.20 Å². The van der Waals surface area contributed by atoms with E-state index in [1.807, 2.05) is 26.0 Å². The smallest absolute Gasteiger partial charge is 0.304 e. The predicted octanol–water partition coefficient (Wildman–Crippen LogP) is 2.35. The standard InChI is InChI=1S/C10H13NO2S/c1-7-4-3-5-11-10(7)14-8(2)6-9(12)13/h3-5,8H,6H2,1-2H3,(H,12,13). The SMILES string of the molecule is Cc1cccnc1SC(C)CC(=O)O. The zero-order chi connectivity index (χ0) is 10.6. The van der Waals surface area contributed by atoms with Gasteiger partial charge in [0, 0.05) is 11.4 Å². The molecular weight excluding hydrogens is 198 g/mol. The van der Waals surface area contributed by atoms with E-state index in [0.29, 0.717) is 0 Å². The number of carbonyl (C=O) groups is 1. The maximum Gasteiger partial charge on any atom is 0.304 e. The zero-order valence-corrected chi connectivity index (χ0v) is 9.04. The minimum absolute atomic E-state index is 0.0566. The first-order valence-corrected chi connectivity index (χ1v) is 5.27. The van der Waals surface area contributed by atoms with E-state index in [9.17, 15) is 4.79 Å². The molecule has 1 unspecified atom stereocenters. The molecular formula is C10H13NO2S. The van der Waals surface area contributed by atoms with E-state index in [2.05, 4.69) is 4.98 Å². The molecule has 14 heavy (non-hydrogen) atoms. The minimum atomic E-state index is -0.765. The van der Waals surface area contributed by atoms with Crippen LogP contribution in [-0.2, 0) is 4.79 Å². The molecule has 0 amide bonds. The van der Waals surface area contributed by atoms with Crippen LogP contribution >= 0.6 is 11.8 Å². The van der Waals surface area contributed by atoms with Crippen molar-refractivity contribution in [3.8, 4) is 0 Å². The van der Waals surface area contributed by atoms with Gasteiger partial charge in [-0.2, -0.15) is 0 Å². The molecule has 0 radical (unpaired) electrons. The predicted molar refractivity (Wildman–Crippen MR) is 56.5 cm³/mol. The van der Waals surface area contributed by atoms with Crippen LogP contribution in [-0.4, -0.2) is 21.3 Å². The van der Waals surface area contributed by atoms with E-state index in [-0.39, 0.29) is 11.7 Å². The van der Waals surface area contributed by atoms with Gasteiger partial charge in [-0.15, -0.1) is 11.8 Å². The number of pyridine rings is 1. The number of carboxylic acid groups (broad SMARTS) is 1. The Morgan fingerprint density at radius 2 is 2.43 bits per heavy atom. The Kier molecular flexibility index (Phi) is 3.95. The summed E-state index contributed by atoms with van der Waals surface area (Å²) < 4.78 is 0. The van der Waals surface area contributed by atoms with Crippen LogP contribution in [0.2, 0.25) is 0 Å². The highest BCUT2D eigenvalue weighted by Gasteiger charge is 2.10. The van der Waals surface area contributed by atoms with Gasteiger partial charge in [0.05, 0.1) is 11.4 Å². The van der Waals surface area contributed by atoms with Crippen molar-refractivity contribution < 1.29 is 9.90 Å². The maximum atomic E-state index is 10.5. The summed E-state index contributed by atoms with van der Waals surface area (Å²) in [5.74, 6) is -0.765. The summed E-state index contributed by atoms with van der Waals surface area (Å²) in [6.45, 7) is 3.87. The number of aromatic nitrogens is 1. The summed E-state index contributed by atoms with van der Waals surface area (Å²) in [6, 6.07) is 3.85. The second-order valence-corrected chi connectivity index (χ2v) is 4.58. The molecule has 0 saturated carbocycles. The largest absolute Gasteiger partial charge is 0.481 e. The molecule has 1 aromatic heterocycles. The Bertz CT molecular complexity index is 328. The average Bonchev–Trinajstić information content (AvgIpc) is 2.07. The summed E-state index contributed by atoms with van der Waals surface area (Å²) in [4.78, 5) is 14.6. The number of hydrogen-bond acceptors (Lipinski definition) is 3. The molecule has 1 heterocycles. The summed E-state index contributed by atoms with van der Waals surface area (Å²) in [5.41, 5.74) is 1.09. The van der Waals surface area contributed by atoms with Crippen LogP contribution in [0.25, 0.3) is 0 Å². The van der Waals surface area contributed by atoms with E-state index < -0.39 is 5.97 Å². The van der Waals surface area contributed by atoms with Crippen LogP contribution in [0.5, 0.6) is 0 Å². The molecule has 0 saturated heterocycles. The minimum Gasteiger partial charge on any atom is -0.481 e. The van der Waals surface area contributed by atoms with Gasteiger partial charge >= 0.3 is 5.97 Å². The number of rotatable bonds is 4. The van der Waals surface area contributed by atoms with Gasteiger partial charge < -0.3 is 5.11 Å². The third-order valence-corrected chi connectivity index (χ3v) is 2.96. The van der Waals surface area contributed by atoms with Crippen LogP contribution in [0, 0.1) is 6.92 Å². The number of thioether (sulfide) groups is 1. The topological polar surface area (TPSA) is 50.2 Å². The molecule has 0 aliphatic heterocycles. The van der Waals surface area contributed by atoms with Crippen LogP contribution in [0.4, 0.5) is 0 Å². The van der Waals surface area contributed by atoms with Gasteiger partial charge in [0.25, 0.3) is 0 Å². The Morgan fingerprint density at radius 1 is 1.71 bits per heavy atom. The molecule has 1 rings (SSSR count). The maximum absolute atomic E-state index is 10.5. The fourth-order valence-corrected chi connectivity index (χ4v) is 2.06. The number of aliphatic carboxylic acids is 1. The summed E-state index contributed by atoms with van der Waals surface area (Å²) >= 11 is 1.51. The Balaban J connectivity index is 2.60. The first kappa shape index (κ1) is 11.0. The second-order valence-electron chi connectivity index (χ2n) is 3.15. The lowest BCUT2D eigenvalue weighted by atomic mass is 10.3. The number of hydrogen-bond donors (Lipinski definition) is 1. The van der Waals surface area contributed by atoms with Crippen molar-refractivity contribution in [2.24, 2.45) is 0 Å². The van der Waals surface area contributed by atoms with E-state index in [4.69, 9.17) is 5.11 Å². The summed E-state index contributed by atoms with van der Waals surface area (Å²) in [7, 11) is 0. The van der Waals surface area contributed by atoms with Crippen molar-refractivity contribution in [3.05, 3.63) is 23.9 Å². The second kappa shape index (κ2) is 5.00. The van der Waals surface area contributed by atoms with Crippen LogP contribution < -0.4 is 0 Å². The normalized spacial score (nSPS) is 12.4. The molecule has 3 nitrogen and oxygen atoms in total. The zero-order valence-electron chi connectivity index (χ0n) is 8.23. The lowest BCUT2D eigenvalue weighted by Crippen LogP contribution is -2.06. The third-order valence-electron chi connectivity index (χ3n) is 1.74. The van der Waals surface area contributed by atoms with Crippen molar-refractivity contribution in [1.82, 2.24) is 4.98 Å². The van der Waals surface area contributed by atoms with Crippen molar-refractivity contribution in [3.63, 3.8) is 0 Å². The fraction of sp³-hybridized carbons (Fsp3) is 0.400. The first-order chi connectivity index (χ1) is 6.59. The monoisotopic (exact) mass is 211 g/mol. The highest BCUT2D eigenvalue weighted by atomic mass is 32.2. The summed E-state index contributed by atoms with van der Waals surface area (Å²) in [6.07, 6.45) is 1.89. The molecule has 0 aromatic carbocycles. The molecule has 0 aliphatic rings. The first-order valence-electron chi connectivity index (χ1n) is 4.39. The molecule has 0 aliphatic carbocycles. The molecule has 76 valence electrons. The number of aryl methyl sites for hydroxylation is 1. The van der Waals surface area contributed by atoms with Crippen molar-refractivity contribution in [2.45, 2.75) is 30.5 Å². The molecule has 0 spiro atoms. The van der Waals surface area contributed by atoms with Gasteiger partial charge in [-0.1, -0.05) is 13.0 Å². The van der Waals surface area contributed by atoms with Crippen LogP contribution in [0.15, 0.2) is 23.4 Å². The average molecular weight is 211 g/mol. The summed E-state index contributed by atoms with van der Waals surface area (Å²) in [5, 5.41) is 9.57. The number of carboxylic acids is 1. The third kappa shape index (κ3) is 3.38. The molecule has 4 heteroatoms. The Labute approximate surface area is 87.6 Å². The lowest BCUT2D eigenvalue weighted by Gasteiger charge is -2.08. The highest BCUT2D eigenvalue weighted by molar-refractivity contribution is 7.99. The van der Waals surface area contributed by atoms with Crippen LogP contribution in [0.3, 0.4) is 0 Å². The molecule has 1 atom stereocenters. The van der Waals surface area contributed by atoms with Crippen molar-refractivity contribution in [2.75, 3.05) is 0 Å². The van der Waals surface area contributed by atoms with Gasteiger partial charge in [0.1, 0.15) is 0 Å². The number of nitrogens with zero attached hydrogens (tertiary/aromatic N) is 1. The van der Waals surface area contributed by atoms with Gasteiger partial charge in [0.15, 0.2) is 0 Å². The quantitative estimate of drug-likeness (QED) is 0.777. The van der Waals surface area contributed by atoms with E-state index in [0.717, 1.165) is 10.6 Å². The van der Waals surface area contributed by atoms with Gasteiger partial charge in [0.2, 0.25) is 0 Å². The fourth-order valence-electron chi connectivity index (χ4n) is 1.07. The molecule has 0 fully saturated rings. The van der Waals surface area contributed by atoms with Gasteiger partial charge in [-0.25, -0.2) is 4.98 Å². The molecule has 1 N–H and O–H groups in total.